The van der Waals surface area contributed by atoms with Gasteiger partial charge in [0, 0.05) is 16.0 Å². The molecule has 0 spiro atoms. The lowest BCUT2D eigenvalue weighted by atomic mass is 9.89. The average Bonchev–Trinajstić information content (AvgIpc) is 2.50. The second-order valence-electron chi connectivity index (χ2n) is 5.35. The number of hydrogen-bond donors (Lipinski definition) is 0. The van der Waals surface area contributed by atoms with Crippen LogP contribution in [0.3, 0.4) is 0 Å². The molecule has 2 aromatic rings. The van der Waals surface area contributed by atoms with Gasteiger partial charge in [-0.1, -0.05) is 53.2 Å². The van der Waals surface area contributed by atoms with Crippen LogP contribution in [0.5, 0.6) is 5.75 Å². The van der Waals surface area contributed by atoms with Gasteiger partial charge in [0.05, 0.1) is 12.5 Å². The molecule has 0 aliphatic carbocycles. The minimum atomic E-state index is -0.140. The molecule has 0 aromatic heterocycles. The molecule has 0 aliphatic heterocycles. The van der Waals surface area contributed by atoms with Gasteiger partial charge >= 0.3 is 0 Å². The summed E-state index contributed by atoms with van der Waals surface area (Å²) < 4.78 is 6.68. The molecule has 112 valence electrons. The molecule has 0 fully saturated rings. The van der Waals surface area contributed by atoms with Gasteiger partial charge in [0.25, 0.3) is 0 Å². The lowest BCUT2D eigenvalue weighted by molar-refractivity contribution is 0.404. The Bertz CT molecular complexity index is 625. The van der Waals surface area contributed by atoms with Gasteiger partial charge in [-0.25, -0.2) is 0 Å². The fraction of sp³-hybridized carbons (Fsp3) is 0.333. The van der Waals surface area contributed by atoms with Gasteiger partial charge in [-0.15, -0.1) is 11.6 Å². The maximum Gasteiger partial charge on any atom is 0.126 e. The third-order valence-corrected chi connectivity index (χ3v) is 5.37. The minimum absolute atomic E-state index is 0.140. The van der Waals surface area contributed by atoms with Crippen LogP contribution in [0.2, 0.25) is 0 Å². The smallest absolute Gasteiger partial charge is 0.126 e. The van der Waals surface area contributed by atoms with Crippen molar-refractivity contribution in [3.05, 3.63) is 63.1 Å². The van der Waals surface area contributed by atoms with E-state index >= 15 is 0 Å². The normalized spacial score (nSPS) is 13.8. The van der Waals surface area contributed by atoms with Crippen molar-refractivity contribution in [3.63, 3.8) is 0 Å². The number of rotatable bonds is 4. The van der Waals surface area contributed by atoms with Crippen LogP contribution in [0.4, 0.5) is 0 Å². The number of methoxy groups -OCH3 is 1. The van der Waals surface area contributed by atoms with Gasteiger partial charge in [-0.05, 0) is 36.6 Å². The van der Waals surface area contributed by atoms with Crippen molar-refractivity contribution in [3.8, 4) is 5.75 Å². The second kappa shape index (κ2) is 6.85. The summed E-state index contributed by atoms with van der Waals surface area (Å²) >= 11 is 10.4. The molecule has 0 heterocycles. The quantitative estimate of drug-likeness (QED) is 0.588. The van der Waals surface area contributed by atoms with Crippen LogP contribution in [0, 0.1) is 13.8 Å². The summed E-state index contributed by atoms with van der Waals surface area (Å²) in [6.45, 7) is 6.28. The summed E-state index contributed by atoms with van der Waals surface area (Å²) in [5, 5.41) is -0.140. The zero-order valence-electron chi connectivity index (χ0n) is 12.8. The fourth-order valence-electron chi connectivity index (χ4n) is 2.65. The van der Waals surface area contributed by atoms with E-state index in [0.29, 0.717) is 0 Å². The van der Waals surface area contributed by atoms with E-state index in [-0.39, 0.29) is 11.3 Å². The second-order valence-corrected chi connectivity index (χ2v) is 6.67. The van der Waals surface area contributed by atoms with Gasteiger partial charge in [0.2, 0.25) is 0 Å². The van der Waals surface area contributed by atoms with Gasteiger partial charge in [-0.3, -0.25) is 0 Å². The molecule has 0 N–H and O–H groups in total. The van der Waals surface area contributed by atoms with Crippen LogP contribution in [0.25, 0.3) is 0 Å². The Kier molecular flexibility index (Phi) is 5.34. The highest BCUT2D eigenvalue weighted by atomic mass is 79.9. The molecule has 0 bridgehead atoms. The highest BCUT2D eigenvalue weighted by Gasteiger charge is 2.25. The summed E-state index contributed by atoms with van der Waals surface area (Å²) in [6.07, 6.45) is 0. The first-order chi connectivity index (χ1) is 9.97. The van der Waals surface area contributed by atoms with E-state index in [4.69, 9.17) is 16.3 Å². The first kappa shape index (κ1) is 16.4. The van der Waals surface area contributed by atoms with Crippen molar-refractivity contribution in [2.24, 2.45) is 0 Å². The number of benzene rings is 2. The Morgan fingerprint density at radius 1 is 1.14 bits per heavy atom. The topological polar surface area (TPSA) is 9.23 Å². The van der Waals surface area contributed by atoms with Crippen molar-refractivity contribution < 1.29 is 4.74 Å². The van der Waals surface area contributed by atoms with E-state index < -0.39 is 0 Å². The van der Waals surface area contributed by atoms with Crippen molar-refractivity contribution in [1.82, 2.24) is 0 Å². The van der Waals surface area contributed by atoms with Crippen LogP contribution in [-0.2, 0) is 0 Å². The van der Waals surface area contributed by atoms with Crippen LogP contribution in [0.1, 0.15) is 40.5 Å². The third kappa shape index (κ3) is 3.27. The molecule has 0 radical (unpaired) electrons. The fourth-order valence-corrected chi connectivity index (χ4v) is 3.62. The van der Waals surface area contributed by atoms with Crippen LogP contribution in [-0.4, -0.2) is 7.11 Å². The molecular weight excluding hydrogens is 348 g/mol. The van der Waals surface area contributed by atoms with Crippen LogP contribution in [0.15, 0.2) is 40.9 Å². The lowest BCUT2D eigenvalue weighted by Gasteiger charge is -2.24. The van der Waals surface area contributed by atoms with Crippen molar-refractivity contribution >= 4 is 27.5 Å². The largest absolute Gasteiger partial charge is 0.496 e. The standard InChI is InChI=1S/C18H20BrClO/c1-11-10-15(19)13(3)16(18(11)21-4)17(20)12(2)14-8-6-5-7-9-14/h5-10,12,17H,1-4H3. The number of alkyl halides is 1. The molecule has 0 aliphatic rings. The van der Waals surface area contributed by atoms with E-state index in [1.807, 2.05) is 25.1 Å². The van der Waals surface area contributed by atoms with Gasteiger partial charge in [0.1, 0.15) is 5.75 Å². The molecule has 2 atom stereocenters. The van der Waals surface area contributed by atoms with Crippen molar-refractivity contribution in [1.29, 1.82) is 0 Å². The summed E-state index contributed by atoms with van der Waals surface area (Å²) in [6, 6.07) is 12.4. The average molecular weight is 368 g/mol. The van der Waals surface area contributed by atoms with E-state index in [2.05, 4.69) is 48.0 Å². The minimum Gasteiger partial charge on any atom is -0.496 e. The summed E-state index contributed by atoms with van der Waals surface area (Å²) in [4.78, 5) is 0. The maximum atomic E-state index is 6.82. The first-order valence-corrected chi connectivity index (χ1v) is 8.23. The van der Waals surface area contributed by atoms with E-state index in [0.717, 1.165) is 26.9 Å². The summed E-state index contributed by atoms with van der Waals surface area (Å²) in [5.74, 6) is 1.09. The highest BCUT2D eigenvalue weighted by Crippen LogP contribution is 2.45. The van der Waals surface area contributed by atoms with Gasteiger partial charge in [0.15, 0.2) is 0 Å². The number of ether oxygens (including phenoxy) is 1. The maximum absolute atomic E-state index is 6.82. The van der Waals surface area contributed by atoms with E-state index in [9.17, 15) is 0 Å². The third-order valence-electron chi connectivity index (χ3n) is 3.95. The molecular formula is C18H20BrClO. The highest BCUT2D eigenvalue weighted by molar-refractivity contribution is 9.10. The van der Waals surface area contributed by atoms with Crippen molar-refractivity contribution in [2.45, 2.75) is 32.1 Å². The molecule has 2 aromatic carbocycles. The first-order valence-electron chi connectivity index (χ1n) is 7.00. The van der Waals surface area contributed by atoms with Gasteiger partial charge < -0.3 is 4.74 Å². The SMILES string of the molecule is COc1c(C)cc(Br)c(C)c1C(Cl)C(C)c1ccccc1. The Morgan fingerprint density at radius 2 is 1.76 bits per heavy atom. The number of hydrogen-bond acceptors (Lipinski definition) is 1. The Labute approximate surface area is 140 Å². The predicted molar refractivity (Wildman–Crippen MR) is 93.6 cm³/mol. The molecule has 0 saturated heterocycles. The van der Waals surface area contributed by atoms with Crippen LogP contribution < -0.4 is 4.74 Å². The molecule has 0 saturated carbocycles. The molecule has 21 heavy (non-hydrogen) atoms. The lowest BCUT2D eigenvalue weighted by Crippen LogP contribution is -2.08. The van der Waals surface area contributed by atoms with E-state index in [1.165, 1.54) is 5.56 Å². The monoisotopic (exact) mass is 366 g/mol. The zero-order chi connectivity index (χ0) is 15.6. The molecule has 3 heteroatoms. The molecule has 1 nitrogen and oxygen atoms in total. The Morgan fingerprint density at radius 3 is 2.33 bits per heavy atom. The molecule has 2 rings (SSSR count). The Balaban J connectivity index is 2.50. The number of aryl methyl sites for hydroxylation is 1. The number of halogens is 2. The molecule has 0 amide bonds. The van der Waals surface area contributed by atoms with Crippen LogP contribution >= 0.6 is 27.5 Å². The summed E-state index contributed by atoms with van der Waals surface area (Å²) in [5.41, 5.74) is 4.54. The van der Waals surface area contributed by atoms with Gasteiger partial charge in [-0.2, -0.15) is 0 Å². The Hall–Kier alpha value is -0.990. The van der Waals surface area contributed by atoms with E-state index in [1.54, 1.807) is 7.11 Å². The van der Waals surface area contributed by atoms with Crippen molar-refractivity contribution in [2.75, 3.05) is 7.11 Å². The predicted octanol–water partition coefficient (Wildman–Crippen LogP) is 6.16. The zero-order valence-corrected chi connectivity index (χ0v) is 15.1. The summed E-state index contributed by atoms with van der Waals surface area (Å²) in [7, 11) is 1.70. The molecule has 2 unspecified atom stereocenters.